The van der Waals surface area contributed by atoms with E-state index in [0.717, 1.165) is 0 Å². The van der Waals surface area contributed by atoms with Gasteiger partial charge < -0.3 is 0 Å². The molecule has 0 radical (unpaired) electrons. The smallest absolute Gasteiger partial charge is 0.295 e. The van der Waals surface area contributed by atoms with Crippen LogP contribution in [-0.2, 0) is 6.54 Å². The van der Waals surface area contributed by atoms with Crippen LogP contribution in [0.4, 0.5) is 0 Å². The molecule has 0 aliphatic rings. The number of hydrogen-bond acceptors (Lipinski definition) is 4. The van der Waals surface area contributed by atoms with Crippen LogP contribution in [0.15, 0.2) is 33.7 Å². The lowest BCUT2D eigenvalue weighted by atomic mass is 10.3. The zero-order valence-corrected chi connectivity index (χ0v) is 8.67. The lowest BCUT2D eigenvalue weighted by Gasteiger charge is -1.98. The summed E-state index contributed by atoms with van der Waals surface area (Å²) in [6.07, 6.45) is 1.63. The Morgan fingerprint density at radius 2 is 2.38 bits per heavy atom. The van der Waals surface area contributed by atoms with Gasteiger partial charge in [0.05, 0.1) is 6.54 Å². The summed E-state index contributed by atoms with van der Waals surface area (Å²) in [5, 5.41) is 3.68. The van der Waals surface area contributed by atoms with E-state index in [4.69, 9.17) is 0 Å². The summed E-state index contributed by atoms with van der Waals surface area (Å²) in [7, 11) is 0. The molecule has 5 heteroatoms. The van der Waals surface area contributed by atoms with Gasteiger partial charge in [-0.2, -0.15) is 0 Å². The first-order valence-electron chi connectivity index (χ1n) is 4.70. The number of rotatable bonds is 2. The summed E-state index contributed by atoms with van der Waals surface area (Å²) in [4.78, 5) is 15.5. The van der Waals surface area contributed by atoms with Crippen molar-refractivity contribution in [2.24, 2.45) is 0 Å². The summed E-state index contributed by atoms with van der Waals surface area (Å²) in [6.45, 7) is 1.96. The van der Waals surface area contributed by atoms with Gasteiger partial charge >= 0.3 is 5.76 Å². The van der Waals surface area contributed by atoms with E-state index >= 15 is 0 Å². The highest BCUT2D eigenvalue weighted by molar-refractivity contribution is 5.47. The van der Waals surface area contributed by atoms with Crippen molar-refractivity contribution in [3.8, 4) is 23.4 Å². The molecular formula is C11H9N3O2. The van der Waals surface area contributed by atoms with E-state index in [-0.39, 0.29) is 6.54 Å². The molecule has 16 heavy (non-hydrogen) atoms. The van der Waals surface area contributed by atoms with Gasteiger partial charge in [-0.3, -0.25) is 9.51 Å². The molecule has 0 aliphatic heterocycles. The molecule has 5 nitrogen and oxygen atoms in total. The van der Waals surface area contributed by atoms with Crippen LogP contribution in [0.1, 0.15) is 6.92 Å². The molecule has 0 saturated carbocycles. The highest BCUT2D eigenvalue weighted by Crippen LogP contribution is 2.10. The second-order valence-electron chi connectivity index (χ2n) is 3.00. The van der Waals surface area contributed by atoms with Gasteiger partial charge in [0.25, 0.3) is 0 Å². The van der Waals surface area contributed by atoms with E-state index in [1.54, 1.807) is 25.3 Å². The van der Waals surface area contributed by atoms with Crippen LogP contribution in [0.25, 0.3) is 11.5 Å². The van der Waals surface area contributed by atoms with Gasteiger partial charge in [0, 0.05) is 6.20 Å². The van der Waals surface area contributed by atoms with Gasteiger partial charge in [0.2, 0.25) is 5.82 Å². The van der Waals surface area contributed by atoms with Crippen molar-refractivity contribution in [2.45, 2.75) is 13.5 Å². The molecule has 0 N–H and O–H groups in total. The van der Waals surface area contributed by atoms with E-state index in [9.17, 15) is 4.79 Å². The van der Waals surface area contributed by atoms with Crippen molar-refractivity contribution in [1.29, 1.82) is 0 Å². The van der Waals surface area contributed by atoms with Crippen molar-refractivity contribution in [3.05, 3.63) is 34.9 Å². The normalized spacial score (nSPS) is 9.56. The zero-order chi connectivity index (χ0) is 11.4. The molecule has 0 atom stereocenters. The molecule has 0 aliphatic carbocycles. The number of hydrogen-bond donors (Lipinski definition) is 0. The molecule has 80 valence electrons. The first-order valence-corrected chi connectivity index (χ1v) is 4.70. The molecule has 0 fully saturated rings. The predicted molar refractivity (Wildman–Crippen MR) is 57.4 cm³/mol. The Morgan fingerprint density at radius 3 is 3.06 bits per heavy atom. The van der Waals surface area contributed by atoms with E-state index in [1.807, 2.05) is 6.07 Å². The van der Waals surface area contributed by atoms with Crippen LogP contribution >= 0.6 is 0 Å². The maximum atomic E-state index is 11.4. The molecule has 0 aromatic carbocycles. The predicted octanol–water partition coefficient (Wildman–Crippen LogP) is 0.922. The number of aromatic nitrogens is 3. The van der Waals surface area contributed by atoms with Gasteiger partial charge in [-0.1, -0.05) is 17.1 Å². The Morgan fingerprint density at radius 1 is 1.50 bits per heavy atom. The fourth-order valence-electron chi connectivity index (χ4n) is 1.24. The number of pyridine rings is 1. The van der Waals surface area contributed by atoms with Crippen LogP contribution in [0.5, 0.6) is 0 Å². The largest absolute Gasteiger partial charge is 0.442 e. The quantitative estimate of drug-likeness (QED) is 0.699. The van der Waals surface area contributed by atoms with Crippen molar-refractivity contribution < 1.29 is 4.52 Å². The van der Waals surface area contributed by atoms with Crippen LogP contribution < -0.4 is 5.76 Å². The minimum Gasteiger partial charge on any atom is -0.295 e. The third-order valence-corrected chi connectivity index (χ3v) is 1.99. The summed E-state index contributed by atoms with van der Waals surface area (Å²) < 4.78 is 5.94. The monoisotopic (exact) mass is 215 g/mol. The highest BCUT2D eigenvalue weighted by Gasteiger charge is 2.12. The molecule has 0 bridgehead atoms. The fourth-order valence-corrected chi connectivity index (χ4v) is 1.24. The number of nitrogens with zero attached hydrogens (tertiary/aromatic N) is 3. The average molecular weight is 215 g/mol. The van der Waals surface area contributed by atoms with Gasteiger partial charge in [0.1, 0.15) is 5.69 Å². The fraction of sp³-hybridized carbons (Fsp3) is 0.182. The van der Waals surface area contributed by atoms with Gasteiger partial charge in [-0.05, 0) is 19.1 Å². The van der Waals surface area contributed by atoms with Crippen molar-refractivity contribution in [1.82, 2.24) is 14.7 Å². The summed E-state index contributed by atoms with van der Waals surface area (Å²) in [5.74, 6) is 5.37. The topological polar surface area (TPSA) is 60.9 Å². The molecule has 2 aromatic heterocycles. The third-order valence-electron chi connectivity index (χ3n) is 1.99. The Labute approximate surface area is 91.7 Å². The lowest BCUT2D eigenvalue weighted by molar-refractivity contribution is 0.379. The second kappa shape index (κ2) is 4.45. The SMILES string of the molecule is CC#CCn1c(-c2ccccn2)noc1=O. The zero-order valence-electron chi connectivity index (χ0n) is 8.67. The van der Waals surface area contributed by atoms with E-state index in [1.165, 1.54) is 4.57 Å². The molecule has 2 heterocycles. The maximum Gasteiger partial charge on any atom is 0.442 e. The van der Waals surface area contributed by atoms with E-state index in [2.05, 4.69) is 26.5 Å². The molecular weight excluding hydrogens is 206 g/mol. The van der Waals surface area contributed by atoms with Crippen molar-refractivity contribution in [2.75, 3.05) is 0 Å². The first-order chi connectivity index (χ1) is 7.83. The Bertz CT molecular complexity index is 587. The van der Waals surface area contributed by atoms with Gasteiger partial charge in [-0.25, -0.2) is 9.36 Å². The maximum absolute atomic E-state index is 11.4. The molecule has 2 aromatic rings. The van der Waals surface area contributed by atoms with E-state index in [0.29, 0.717) is 11.5 Å². The van der Waals surface area contributed by atoms with Crippen LogP contribution in [0, 0.1) is 11.8 Å². The first kappa shape index (κ1) is 10.2. The van der Waals surface area contributed by atoms with Gasteiger partial charge in [-0.15, -0.1) is 5.92 Å². The molecule has 0 spiro atoms. The minimum absolute atomic E-state index is 0.255. The molecule has 0 amide bonds. The molecule has 2 rings (SSSR count). The Balaban J connectivity index is 2.49. The van der Waals surface area contributed by atoms with Crippen molar-refractivity contribution >= 4 is 0 Å². The van der Waals surface area contributed by atoms with Crippen LogP contribution in [0.3, 0.4) is 0 Å². The molecule has 0 saturated heterocycles. The van der Waals surface area contributed by atoms with Crippen LogP contribution in [0.2, 0.25) is 0 Å². The molecule has 0 unspecified atom stereocenters. The van der Waals surface area contributed by atoms with Crippen LogP contribution in [-0.4, -0.2) is 14.7 Å². The van der Waals surface area contributed by atoms with E-state index < -0.39 is 5.76 Å². The summed E-state index contributed by atoms with van der Waals surface area (Å²) in [6, 6.07) is 5.36. The Hall–Kier alpha value is -2.35. The third kappa shape index (κ3) is 1.86. The van der Waals surface area contributed by atoms with Gasteiger partial charge in [0.15, 0.2) is 0 Å². The second-order valence-corrected chi connectivity index (χ2v) is 3.00. The summed E-state index contributed by atoms with van der Waals surface area (Å²) in [5.41, 5.74) is 0.589. The Kier molecular flexibility index (Phi) is 2.83. The average Bonchev–Trinajstić information content (AvgIpc) is 2.69. The standard InChI is InChI=1S/C11H9N3O2/c1-2-3-8-14-10(13-16-11(14)15)9-6-4-5-7-12-9/h4-7H,8H2,1H3. The summed E-state index contributed by atoms with van der Waals surface area (Å²) >= 11 is 0. The van der Waals surface area contributed by atoms with Crippen molar-refractivity contribution in [3.63, 3.8) is 0 Å². The lowest BCUT2D eigenvalue weighted by Crippen LogP contribution is -2.14. The highest BCUT2D eigenvalue weighted by atomic mass is 16.5. The minimum atomic E-state index is -0.525.